The van der Waals surface area contributed by atoms with Crippen LogP contribution in [0.2, 0.25) is 10.0 Å². The van der Waals surface area contributed by atoms with Crippen LogP contribution in [-0.2, 0) is 0 Å². The van der Waals surface area contributed by atoms with E-state index in [1.165, 1.54) is 0 Å². The summed E-state index contributed by atoms with van der Waals surface area (Å²) in [5.74, 6) is 0. The lowest BCUT2D eigenvalue weighted by Crippen LogP contribution is -2.18. The van der Waals surface area contributed by atoms with Crippen LogP contribution in [0.3, 0.4) is 0 Å². The van der Waals surface area contributed by atoms with Crippen molar-refractivity contribution in [2.24, 2.45) is 0 Å². The van der Waals surface area contributed by atoms with Gasteiger partial charge in [-0.05, 0) is 30.3 Å². The van der Waals surface area contributed by atoms with Crippen molar-refractivity contribution in [1.29, 1.82) is 0 Å². The van der Waals surface area contributed by atoms with E-state index in [-0.39, 0.29) is 6.04 Å². The third-order valence-corrected chi connectivity index (χ3v) is 4.39. The fourth-order valence-electron chi connectivity index (χ4n) is 2.58. The summed E-state index contributed by atoms with van der Waals surface area (Å²) in [6.45, 7) is 0. The van der Waals surface area contributed by atoms with E-state index >= 15 is 0 Å². The van der Waals surface area contributed by atoms with Gasteiger partial charge >= 0.3 is 0 Å². The van der Waals surface area contributed by atoms with Gasteiger partial charge in [-0.2, -0.15) is 0 Å². The highest BCUT2D eigenvalue weighted by molar-refractivity contribution is 6.42. The first kappa shape index (κ1) is 14.3. The molecule has 0 saturated carbocycles. The van der Waals surface area contributed by atoms with Gasteiger partial charge in [0, 0.05) is 11.6 Å². The highest BCUT2D eigenvalue weighted by Crippen LogP contribution is 2.34. The van der Waals surface area contributed by atoms with Gasteiger partial charge in [-0.3, -0.25) is 4.98 Å². The number of nitrogens with one attached hydrogen (secondary N) is 1. The van der Waals surface area contributed by atoms with Gasteiger partial charge in [-0.15, -0.1) is 0 Å². The maximum Gasteiger partial charge on any atom is 0.0753 e. The van der Waals surface area contributed by atoms with Crippen LogP contribution in [0.5, 0.6) is 0 Å². The Morgan fingerprint density at radius 1 is 0.952 bits per heavy atom. The van der Waals surface area contributed by atoms with E-state index in [1.54, 1.807) is 12.3 Å². The summed E-state index contributed by atoms with van der Waals surface area (Å²) in [5.41, 5.74) is 3.00. The zero-order valence-corrected chi connectivity index (χ0v) is 13.0. The lowest BCUT2D eigenvalue weighted by atomic mass is 9.96. The first-order valence-corrected chi connectivity index (χ1v) is 7.43. The fraction of sp³-hybridized carbons (Fsp3) is 0.118. The van der Waals surface area contributed by atoms with Crippen molar-refractivity contribution in [2.45, 2.75) is 6.04 Å². The molecule has 2 nitrogen and oxygen atoms in total. The highest BCUT2D eigenvalue weighted by atomic mass is 35.5. The third kappa shape index (κ3) is 2.62. The van der Waals surface area contributed by atoms with E-state index < -0.39 is 0 Å². The molecule has 2 aromatic carbocycles. The standard InChI is InChI=1S/C17H14Cl2N2/c1-20-17(12-7-3-9-14(18)15(12)19)13-8-2-5-11-6-4-10-21-16(11)13/h2-10,17,20H,1H3. The van der Waals surface area contributed by atoms with Gasteiger partial charge in [-0.1, -0.05) is 59.6 Å². The molecular formula is C17H14Cl2N2. The first-order valence-electron chi connectivity index (χ1n) is 6.67. The van der Waals surface area contributed by atoms with Gasteiger partial charge in [-0.25, -0.2) is 0 Å². The van der Waals surface area contributed by atoms with E-state index in [0.29, 0.717) is 10.0 Å². The Hall–Kier alpha value is -1.61. The van der Waals surface area contributed by atoms with Crippen molar-refractivity contribution in [3.8, 4) is 0 Å². The molecule has 0 spiro atoms. The van der Waals surface area contributed by atoms with Crippen molar-refractivity contribution in [2.75, 3.05) is 7.05 Å². The van der Waals surface area contributed by atoms with Crippen molar-refractivity contribution in [1.82, 2.24) is 10.3 Å². The van der Waals surface area contributed by atoms with Crippen LogP contribution in [0.15, 0.2) is 54.7 Å². The first-order chi connectivity index (χ1) is 10.2. The smallest absolute Gasteiger partial charge is 0.0753 e. The molecular weight excluding hydrogens is 303 g/mol. The van der Waals surface area contributed by atoms with Crippen molar-refractivity contribution < 1.29 is 0 Å². The van der Waals surface area contributed by atoms with E-state index in [0.717, 1.165) is 22.0 Å². The van der Waals surface area contributed by atoms with E-state index in [4.69, 9.17) is 23.2 Å². The molecule has 1 heterocycles. The number of fused-ring (bicyclic) bond motifs is 1. The maximum atomic E-state index is 6.38. The van der Waals surface area contributed by atoms with E-state index in [1.807, 2.05) is 31.3 Å². The maximum absolute atomic E-state index is 6.38. The molecule has 3 aromatic rings. The molecule has 1 aromatic heterocycles. The average molecular weight is 317 g/mol. The average Bonchev–Trinajstić information content (AvgIpc) is 2.52. The van der Waals surface area contributed by atoms with Gasteiger partial charge in [0.15, 0.2) is 0 Å². The lowest BCUT2D eigenvalue weighted by molar-refractivity contribution is 0.696. The zero-order valence-electron chi connectivity index (χ0n) is 11.5. The Bertz CT molecular complexity index is 781. The summed E-state index contributed by atoms with van der Waals surface area (Å²) < 4.78 is 0. The highest BCUT2D eigenvalue weighted by Gasteiger charge is 2.19. The molecule has 0 fully saturated rings. The van der Waals surface area contributed by atoms with Gasteiger partial charge in [0.2, 0.25) is 0 Å². The number of halogens is 2. The summed E-state index contributed by atoms with van der Waals surface area (Å²) in [6, 6.07) is 15.8. The monoisotopic (exact) mass is 316 g/mol. The predicted molar refractivity (Wildman–Crippen MR) is 89.1 cm³/mol. The van der Waals surface area contributed by atoms with E-state index in [9.17, 15) is 0 Å². The molecule has 1 N–H and O–H groups in total. The topological polar surface area (TPSA) is 24.9 Å². The summed E-state index contributed by atoms with van der Waals surface area (Å²) in [5, 5.41) is 5.55. The normalized spacial score (nSPS) is 12.5. The molecule has 0 radical (unpaired) electrons. The minimum absolute atomic E-state index is 0.0604. The molecule has 0 amide bonds. The van der Waals surface area contributed by atoms with Crippen LogP contribution < -0.4 is 5.32 Å². The Balaban J connectivity index is 2.21. The summed E-state index contributed by atoms with van der Waals surface area (Å²) in [6.07, 6.45) is 1.80. The molecule has 0 aliphatic heterocycles. The number of hydrogen-bond donors (Lipinski definition) is 1. The number of pyridine rings is 1. The molecule has 0 saturated heterocycles. The van der Waals surface area contributed by atoms with Crippen molar-refractivity contribution in [3.63, 3.8) is 0 Å². The quantitative estimate of drug-likeness (QED) is 0.747. The van der Waals surface area contributed by atoms with Crippen LogP contribution in [-0.4, -0.2) is 12.0 Å². The van der Waals surface area contributed by atoms with Crippen LogP contribution in [0, 0.1) is 0 Å². The van der Waals surface area contributed by atoms with Crippen LogP contribution >= 0.6 is 23.2 Å². The molecule has 0 aliphatic rings. The van der Waals surface area contributed by atoms with Crippen LogP contribution in [0.4, 0.5) is 0 Å². The SMILES string of the molecule is CNC(c1cccc(Cl)c1Cl)c1cccc2cccnc12. The van der Waals surface area contributed by atoms with Gasteiger partial charge in [0.25, 0.3) is 0 Å². The second-order valence-corrected chi connectivity index (χ2v) is 5.57. The number of aromatic nitrogens is 1. The number of nitrogens with zero attached hydrogens (tertiary/aromatic N) is 1. The van der Waals surface area contributed by atoms with Crippen molar-refractivity contribution in [3.05, 3.63) is 75.9 Å². The Labute approximate surface area is 133 Å². The Kier molecular flexibility index (Phi) is 4.11. The van der Waals surface area contributed by atoms with Gasteiger partial charge in [0.1, 0.15) is 0 Å². The summed E-state index contributed by atoms with van der Waals surface area (Å²) >= 11 is 12.5. The third-order valence-electron chi connectivity index (χ3n) is 3.56. The number of hydrogen-bond acceptors (Lipinski definition) is 2. The fourth-order valence-corrected chi connectivity index (χ4v) is 3.00. The zero-order chi connectivity index (χ0) is 14.8. The number of para-hydroxylation sites is 1. The summed E-state index contributed by atoms with van der Waals surface area (Å²) in [4.78, 5) is 4.51. The molecule has 21 heavy (non-hydrogen) atoms. The van der Waals surface area contributed by atoms with Crippen LogP contribution in [0.25, 0.3) is 10.9 Å². The van der Waals surface area contributed by atoms with E-state index in [2.05, 4.69) is 28.5 Å². The Morgan fingerprint density at radius 3 is 2.48 bits per heavy atom. The molecule has 4 heteroatoms. The molecule has 106 valence electrons. The molecule has 1 unspecified atom stereocenters. The lowest BCUT2D eigenvalue weighted by Gasteiger charge is -2.20. The number of rotatable bonds is 3. The largest absolute Gasteiger partial charge is 0.309 e. The molecule has 0 bridgehead atoms. The molecule has 0 aliphatic carbocycles. The minimum Gasteiger partial charge on any atom is -0.309 e. The number of benzene rings is 2. The van der Waals surface area contributed by atoms with Gasteiger partial charge in [0.05, 0.1) is 21.6 Å². The second-order valence-electron chi connectivity index (χ2n) is 4.79. The Morgan fingerprint density at radius 2 is 1.67 bits per heavy atom. The summed E-state index contributed by atoms with van der Waals surface area (Å²) in [7, 11) is 1.91. The van der Waals surface area contributed by atoms with Gasteiger partial charge < -0.3 is 5.32 Å². The molecule has 3 rings (SSSR count). The van der Waals surface area contributed by atoms with Crippen molar-refractivity contribution >= 4 is 34.1 Å². The minimum atomic E-state index is -0.0604. The second kappa shape index (κ2) is 6.02. The molecule has 1 atom stereocenters. The van der Waals surface area contributed by atoms with Crippen LogP contribution in [0.1, 0.15) is 17.2 Å². The predicted octanol–water partition coefficient (Wildman–Crippen LogP) is 4.85.